The van der Waals surface area contributed by atoms with Gasteiger partial charge in [0.1, 0.15) is 0 Å². The molecule has 2 aromatic rings. The lowest BCUT2D eigenvalue weighted by molar-refractivity contribution is 0.715. The highest BCUT2D eigenvalue weighted by Gasteiger charge is 2.14. The van der Waals surface area contributed by atoms with Gasteiger partial charge in [0.2, 0.25) is 0 Å². The zero-order chi connectivity index (χ0) is 13.7. The molecule has 0 radical (unpaired) electrons. The Hall–Kier alpha value is -0.960. The number of thioether (sulfide) groups is 1. The molecule has 0 bridgehead atoms. The van der Waals surface area contributed by atoms with Crippen LogP contribution < -0.4 is 5.73 Å². The summed E-state index contributed by atoms with van der Waals surface area (Å²) in [5.74, 6) is 0.957. The van der Waals surface area contributed by atoms with E-state index in [2.05, 4.69) is 31.2 Å². The van der Waals surface area contributed by atoms with Gasteiger partial charge in [0, 0.05) is 22.1 Å². The first-order chi connectivity index (χ1) is 9.16. The predicted molar refractivity (Wildman–Crippen MR) is 85.6 cm³/mol. The van der Waals surface area contributed by atoms with Crippen molar-refractivity contribution in [1.29, 1.82) is 0 Å². The summed E-state index contributed by atoms with van der Waals surface area (Å²) in [4.78, 5) is 0. The van der Waals surface area contributed by atoms with Crippen molar-refractivity contribution in [1.82, 2.24) is 0 Å². The van der Waals surface area contributed by atoms with Crippen molar-refractivity contribution < 1.29 is 0 Å². The Bertz CT molecular complexity index is 498. The fourth-order valence-corrected chi connectivity index (χ4v) is 3.00. The second-order valence-electron chi connectivity index (χ2n) is 4.58. The van der Waals surface area contributed by atoms with Crippen molar-refractivity contribution in [3.05, 3.63) is 70.7 Å². The standard InChI is InChI=1S/C16H18ClNS/c1-12(16(18)14-5-3-2-4-6-14)19-11-13-7-9-15(17)10-8-13/h2-10,12,16H,11,18H2,1H3. The first-order valence-corrected chi connectivity index (χ1v) is 7.76. The molecule has 0 saturated carbocycles. The van der Waals surface area contributed by atoms with Crippen LogP contribution in [0.15, 0.2) is 54.6 Å². The maximum absolute atomic E-state index is 6.28. The molecule has 19 heavy (non-hydrogen) atoms. The fourth-order valence-electron chi connectivity index (χ4n) is 1.86. The van der Waals surface area contributed by atoms with Crippen molar-refractivity contribution >= 4 is 23.4 Å². The lowest BCUT2D eigenvalue weighted by Crippen LogP contribution is -2.21. The SMILES string of the molecule is CC(SCc1ccc(Cl)cc1)C(N)c1ccccc1. The molecule has 0 saturated heterocycles. The van der Waals surface area contributed by atoms with E-state index < -0.39 is 0 Å². The second kappa shape index (κ2) is 6.99. The summed E-state index contributed by atoms with van der Waals surface area (Å²) in [7, 11) is 0. The maximum Gasteiger partial charge on any atom is 0.0412 e. The summed E-state index contributed by atoms with van der Waals surface area (Å²) in [6, 6.07) is 18.3. The van der Waals surface area contributed by atoms with Crippen molar-refractivity contribution in [2.45, 2.75) is 24.0 Å². The lowest BCUT2D eigenvalue weighted by Gasteiger charge is -2.20. The van der Waals surface area contributed by atoms with E-state index in [0.717, 1.165) is 10.8 Å². The molecule has 2 unspecified atom stereocenters. The van der Waals surface area contributed by atoms with Gasteiger partial charge in [-0.05, 0) is 23.3 Å². The van der Waals surface area contributed by atoms with Crippen molar-refractivity contribution in [3.8, 4) is 0 Å². The zero-order valence-electron chi connectivity index (χ0n) is 10.9. The maximum atomic E-state index is 6.28. The van der Waals surface area contributed by atoms with E-state index in [1.54, 1.807) is 0 Å². The van der Waals surface area contributed by atoms with Gasteiger partial charge in [0.05, 0.1) is 0 Å². The number of benzene rings is 2. The quantitative estimate of drug-likeness (QED) is 0.867. The Kier molecular flexibility index (Phi) is 5.32. The van der Waals surface area contributed by atoms with Crippen LogP contribution in [0.4, 0.5) is 0 Å². The van der Waals surface area contributed by atoms with Crippen LogP contribution in [0.25, 0.3) is 0 Å². The van der Waals surface area contributed by atoms with Gasteiger partial charge >= 0.3 is 0 Å². The average Bonchev–Trinajstić information content (AvgIpc) is 2.46. The zero-order valence-corrected chi connectivity index (χ0v) is 12.5. The number of halogens is 1. The van der Waals surface area contributed by atoms with E-state index in [1.807, 2.05) is 42.1 Å². The van der Waals surface area contributed by atoms with Gasteiger partial charge in [-0.25, -0.2) is 0 Å². The van der Waals surface area contributed by atoms with Gasteiger partial charge in [0.15, 0.2) is 0 Å². The van der Waals surface area contributed by atoms with Gasteiger partial charge in [-0.15, -0.1) is 0 Å². The normalized spacial score (nSPS) is 14.1. The van der Waals surface area contributed by atoms with Gasteiger partial charge in [-0.1, -0.05) is 61.0 Å². The van der Waals surface area contributed by atoms with Crippen molar-refractivity contribution in [3.63, 3.8) is 0 Å². The molecule has 0 spiro atoms. The topological polar surface area (TPSA) is 26.0 Å². The highest BCUT2D eigenvalue weighted by Crippen LogP contribution is 2.27. The Morgan fingerprint density at radius 3 is 2.32 bits per heavy atom. The summed E-state index contributed by atoms with van der Waals surface area (Å²) in [5.41, 5.74) is 8.76. The molecule has 2 N–H and O–H groups in total. The molecule has 0 amide bonds. The third kappa shape index (κ3) is 4.27. The van der Waals surface area contributed by atoms with Crippen molar-refractivity contribution in [2.24, 2.45) is 5.73 Å². The predicted octanol–water partition coefficient (Wildman–Crippen LogP) is 4.66. The number of hydrogen-bond donors (Lipinski definition) is 1. The van der Waals surface area contributed by atoms with E-state index in [1.165, 1.54) is 11.1 Å². The van der Waals surface area contributed by atoms with Crippen LogP contribution in [0.5, 0.6) is 0 Å². The second-order valence-corrected chi connectivity index (χ2v) is 6.38. The molecule has 3 heteroatoms. The van der Waals surface area contributed by atoms with E-state index in [9.17, 15) is 0 Å². The molecular weight excluding hydrogens is 274 g/mol. The number of rotatable bonds is 5. The first-order valence-electron chi connectivity index (χ1n) is 6.33. The minimum absolute atomic E-state index is 0.0681. The molecule has 1 nitrogen and oxygen atoms in total. The minimum Gasteiger partial charge on any atom is -0.323 e. The van der Waals surface area contributed by atoms with E-state index >= 15 is 0 Å². The molecule has 0 aromatic heterocycles. The fraction of sp³-hybridized carbons (Fsp3) is 0.250. The van der Waals surface area contributed by atoms with Crippen LogP contribution in [0, 0.1) is 0 Å². The molecule has 0 heterocycles. The molecule has 0 aliphatic carbocycles. The third-order valence-corrected chi connectivity index (χ3v) is 4.69. The third-order valence-electron chi connectivity index (χ3n) is 3.12. The summed E-state index contributed by atoms with van der Waals surface area (Å²) in [6.45, 7) is 2.18. The molecular formula is C16H18ClNS. The summed E-state index contributed by atoms with van der Waals surface area (Å²) in [5, 5.41) is 1.15. The molecule has 2 rings (SSSR count). The van der Waals surface area contributed by atoms with Crippen molar-refractivity contribution in [2.75, 3.05) is 0 Å². The van der Waals surface area contributed by atoms with Gasteiger partial charge in [-0.3, -0.25) is 0 Å². The molecule has 2 aromatic carbocycles. The Balaban J connectivity index is 1.90. The summed E-state index contributed by atoms with van der Waals surface area (Å²) >= 11 is 7.75. The molecule has 0 fully saturated rings. The molecule has 0 aliphatic heterocycles. The average molecular weight is 292 g/mol. The smallest absolute Gasteiger partial charge is 0.0412 e. The minimum atomic E-state index is 0.0681. The van der Waals surface area contributed by atoms with E-state index in [4.69, 9.17) is 17.3 Å². The first kappa shape index (κ1) is 14.4. The molecule has 0 aliphatic rings. The Morgan fingerprint density at radius 2 is 1.68 bits per heavy atom. The van der Waals surface area contributed by atoms with Crippen LogP contribution >= 0.6 is 23.4 Å². The molecule has 100 valence electrons. The highest BCUT2D eigenvalue weighted by molar-refractivity contribution is 7.99. The highest BCUT2D eigenvalue weighted by atomic mass is 35.5. The van der Waals surface area contributed by atoms with Crippen LogP contribution in [0.3, 0.4) is 0 Å². The lowest BCUT2D eigenvalue weighted by atomic mass is 10.1. The van der Waals surface area contributed by atoms with Gasteiger partial charge in [-0.2, -0.15) is 11.8 Å². The van der Waals surface area contributed by atoms with E-state index in [0.29, 0.717) is 5.25 Å². The summed E-state index contributed by atoms with van der Waals surface area (Å²) < 4.78 is 0. The number of nitrogens with two attached hydrogens (primary N) is 1. The van der Waals surface area contributed by atoms with Gasteiger partial charge < -0.3 is 5.73 Å². The van der Waals surface area contributed by atoms with Crippen LogP contribution in [0.1, 0.15) is 24.1 Å². The Morgan fingerprint density at radius 1 is 1.05 bits per heavy atom. The summed E-state index contributed by atoms with van der Waals surface area (Å²) in [6.07, 6.45) is 0. The van der Waals surface area contributed by atoms with Crippen LogP contribution in [-0.4, -0.2) is 5.25 Å². The van der Waals surface area contributed by atoms with Gasteiger partial charge in [0.25, 0.3) is 0 Å². The monoisotopic (exact) mass is 291 g/mol. The van der Waals surface area contributed by atoms with Crippen LogP contribution in [0.2, 0.25) is 5.02 Å². The number of hydrogen-bond acceptors (Lipinski definition) is 2. The largest absolute Gasteiger partial charge is 0.323 e. The van der Waals surface area contributed by atoms with E-state index in [-0.39, 0.29) is 6.04 Å². The van der Waals surface area contributed by atoms with Crippen LogP contribution in [-0.2, 0) is 5.75 Å². The Labute approximate surface area is 124 Å². The molecule has 2 atom stereocenters.